The Hall–Kier alpha value is -1.47. The van der Waals surface area contributed by atoms with Crippen LogP contribution in [-0.4, -0.2) is 31.6 Å². The molecule has 0 aliphatic heterocycles. The Morgan fingerprint density at radius 2 is 2.05 bits per heavy atom. The average Bonchev–Trinajstić information content (AvgIpc) is 2.39. The van der Waals surface area contributed by atoms with E-state index in [4.69, 9.17) is 21.1 Å². The smallest absolute Gasteiger partial charge is 0.416 e. The maximum atomic E-state index is 12.7. The van der Waals surface area contributed by atoms with Gasteiger partial charge in [-0.2, -0.15) is 13.2 Å². The van der Waals surface area contributed by atoms with Gasteiger partial charge in [0.2, 0.25) is 5.91 Å². The molecular formula is C13H15ClF3NO3. The standard InChI is InChI=1S/C13H15ClF3NO3/c1-8(14)12(19)18-10-7-9(13(15,16)17)3-4-11(10)21-6-5-20-2/h3-4,7-8H,5-6H2,1-2H3,(H,18,19). The van der Waals surface area contributed by atoms with Gasteiger partial charge in [0.25, 0.3) is 0 Å². The van der Waals surface area contributed by atoms with Crippen LogP contribution in [0.3, 0.4) is 0 Å². The predicted molar refractivity (Wildman–Crippen MR) is 72.8 cm³/mol. The fourth-order valence-corrected chi connectivity index (χ4v) is 1.45. The lowest BCUT2D eigenvalue weighted by Gasteiger charge is -2.15. The first kappa shape index (κ1) is 17.6. The number of benzene rings is 1. The van der Waals surface area contributed by atoms with Crippen molar-refractivity contribution in [2.24, 2.45) is 0 Å². The van der Waals surface area contributed by atoms with Gasteiger partial charge in [0.15, 0.2) is 0 Å². The Morgan fingerprint density at radius 1 is 1.38 bits per heavy atom. The lowest BCUT2D eigenvalue weighted by molar-refractivity contribution is -0.137. The molecule has 0 heterocycles. The molecule has 1 aromatic carbocycles. The molecule has 8 heteroatoms. The number of amides is 1. The van der Waals surface area contributed by atoms with Crippen LogP contribution in [0.5, 0.6) is 5.75 Å². The molecule has 118 valence electrons. The number of hydrogen-bond acceptors (Lipinski definition) is 3. The summed E-state index contributed by atoms with van der Waals surface area (Å²) in [6, 6.07) is 2.83. The van der Waals surface area contributed by atoms with E-state index in [1.165, 1.54) is 14.0 Å². The average molecular weight is 326 g/mol. The van der Waals surface area contributed by atoms with Gasteiger partial charge in [-0.3, -0.25) is 4.79 Å². The van der Waals surface area contributed by atoms with Gasteiger partial charge in [0.1, 0.15) is 17.7 Å². The minimum atomic E-state index is -4.52. The van der Waals surface area contributed by atoms with Crippen molar-refractivity contribution in [2.75, 3.05) is 25.6 Å². The number of nitrogens with one attached hydrogen (secondary N) is 1. The first-order valence-corrected chi connectivity index (χ1v) is 6.47. The number of carbonyl (C=O) groups excluding carboxylic acids is 1. The molecule has 21 heavy (non-hydrogen) atoms. The van der Waals surface area contributed by atoms with Gasteiger partial charge in [-0.05, 0) is 25.1 Å². The Morgan fingerprint density at radius 3 is 2.57 bits per heavy atom. The third-order valence-corrected chi connectivity index (χ3v) is 2.67. The largest absolute Gasteiger partial charge is 0.489 e. The second-order valence-corrected chi connectivity index (χ2v) is 4.81. The maximum Gasteiger partial charge on any atom is 0.416 e. The van der Waals surface area contributed by atoms with Crippen molar-refractivity contribution in [3.8, 4) is 5.75 Å². The van der Waals surface area contributed by atoms with Crippen molar-refractivity contribution in [1.82, 2.24) is 0 Å². The van der Waals surface area contributed by atoms with E-state index in [0.717, 1.165) is 18.2 Å². The Bertz CT molecular complexity index is 492. The maximum absolute atomic E-state index is 12.7. The van der Waals surface area contributed by atoms with Crippen molar-refractivity contribution in [3.05, 3.63) is 23.8 Å². The summed E-state index contributed by atoms with van der Waals surface area (Å²) in [6.45, 7) is 1.82. The van der Waals surface area contributed by atoms with Crippen LogP contribution in [-0.2, 0) is 15.7 Å². The van der Waals surface area contributed by atoms with Crippen molar-refractivity contribution >= 4 is 23.2 Å². The number of methoxy groups -OCH3 is 1. The SMILES string of the molecule is COCCOc1ccc(C(F)(F)F)cc1NC(=O)C(C)Cl. The van der Waals surface area contributed by atoms with E-state index in [1.54, 1.807) is 0 Å². The molecule has 0 radical (unpaired) electrons. The van der Waals surface area contributed by atoms with Gasteiger partial charge in [-0.25, -0.2) is 0 Å². The van der Waals surface area contributed by atoms with Crippen molar-refractivity contribution < 1.29 is 27.4 Å². The van der Waals surface area contributed by atoms with Crippen LogP contribution in [0.25, 0.3) is 0 Å². The van der Waals surface area contributed by atoms with E-state index >= 15 is 0 Å². The number of hydrogen-bond donors (Lipinski definition) is 1. The quantitative estimate of drug-likeness (QED) is 0.645. The molecule has 0 aliphatic carbocycles. The summed E-state index contributed by atoms with van der Waals surface area (Å²) in [5.74, 6) is -0.502. The number of rotatable bonds is 6. The molecule has 0 spiro atoms. The molecule has 0 aliphatic rings. The van der Waals surface area contributed by atoms with Gasteiger partial charge in [-0.1, -0.05) is 0 Å². The summed E-state index contributed by atoms with van der Waals surface area (Å²) in [5, 5.41) is 1.43. The molecule has 1 rings (SSSR count). The van der Waals surface area contributed by atoms with Crippen LogP contribution >= 0.6 is 11.6 Å². The molecule has 0 fully saturated rings. The molecule has 0 bridgehead atoms. The summed E-state index contributed by atoms with van der Waals surface area (Å²) in [5.41, 5.74) is -0.974. The molecule has 1 atom stereocenters. The summed E-state index contributed by atoms with van der Waals surface area (Å²) in [4.78, 5) is 11.6. The van der Waals surface area contributed by atoms with Crippen LogP contribution in [0.4, 0.5) is 18.9 Å². The number of halogens is 4. The summed E-state index contributed by atoms with van der Waals surface area (Å²) >= 11 is 5.59. The minimum Gasteiger partial charge on any atom is -0.489 e. The Kier molecular flexibility index (Phi) is 6.29. The summed E-state index contributed by atoms with van der Waals surface area (Å²) in [7, 11) is 1.47. The van der Waals surface area contributed by atoms with Gasteiger partial charge >= 0.3 is 6.18 Å². The van der Waals surface area contributed by atoms with E-state index in [9.17, 15) is 18.0 Å². The molecule has 0 saturated heterocycles. The lowest BCUT2D eigenvalue weighted by atomic mass is 10.1. The number of alkyl halides is 4. The monoisotopic (exact) mass is 325 g/mol. The van der Waals surface area contributed by atoms with Crippen LogP contribution in [0.15, 0.2) is 18.2 Å². The Balaban J connectivity index is 3.03. The highest BCUT2D eigenvalue weighted by molar-refractivity contribution is 6.32. The lowest BCUT2D eigenvalue weighted by Crippen LogP contribution is -2.21. The first-order chi connectivity index (χ1) is 9.75. The zero-order valence-electron chi connectivity index (χ0n) is 11.5. The highest BCUT2D eigenvalue weighted by Gasteiger charge is 2.31. The van der Waals surface area contributed by atoms with Crippen molar-refractivity contribution in [1.29, 1.82) is 0 Å². The molecule has 1 unspecified atom stereocenters. The van der Waals surface area contributed by atoms with Crippen LogP contribution < -0.4 is 10.1 Å². The number of anilines is 1. The molecule has 0 aromatic heterocycles. The molecule has 1 aromatic rings. The van der Waals surface area contributed by atoms with E-state index in [2.05, 4.69) is 5.32 Å². The van der Waals surface area contributed by atoms with Gasteiger partial charge in [0, 0.05) is 7.11 Å². The predicted octanol–water partition coefficient (Wildman–Crippen LogP) is 3.30. The topological polar surface area (TPSA) is 47.6 Å². The third kappa shape index (κ3) is 5.43. The fraction of sp³-hybridized carbons (Fsp3) is 0.462. The summed E-state index contributed by atoms with van der Waals surface area (Å²) in [6.07, 6.45) is -4.52. The van der Waals surface area contributed by atoms with Crippen molar-refractivity contribution in [2.45, 2.75) is 18.5 Å². The second kappa shape index (κ2) is 7.51. The number of ether oxygens (including phenoxy) is 2. The van der Waals surface area contributed by atoms with Crippen LogP contribution in [0, 0.1) is 0 Å². The number of carbonyl (C=O) groups is 1. The zero-order chi connectivity index (χ0) is 16.0. The highest BCUT2D eigenvalue weighted by Crippen LogP contribution is 2.35. The molecule has 1 amide bonds. The molecular weight excluding hydrogens is 311 g/mol. The molecule has 0 saturated carbocycles. The minimum absolute atomic E-state index is 0.0848. The van der Waals surface area contributed by atoms with Gasteiger partial charge in [-0.15, -0.1) is 11.6 Å². The van der Waals surface area contributed by atoms with E-state index in [0.29, 0.717) is 0 Å². The zero-order valence-corrected chi connectivity index (χ0v) is 12.2. The Labute approximate surface area is 125 Å². The van der Waals surface area contributed by atoms with E-state index < -0.39 is 23.0 Å². The summed E-state index contributed by atoms with van der Waals surface area (Å²) < 4.78 is 48.2. The molecule has 4 nitrogen and oxygen atoms in total. The second-order valence-electron chi connectivity index (χ2n) is 4.16. The van der Waals surface area contributed by atoms with Crippen molar-refractivity contribution in [3.63, 3.8) is 0 Å². The normalized spacial score (nSPS) is 12.9. The first-order valence-electron chi connectivity index (χ1n) is 6.03. The van der Waals surface area contributed by atoms with E-state index in [-0.39, 0.29) is 24.7 Å². The van der Waals surface area contributed by atoms with E-state index in [1.807, 2.05) is 0 Å². The fourth-order valence-electron chi connectivity index (χ4n) is 1.40. The van der Waals surface area contributed by atoms with Crippen LogP contribution in [0.1, 0.15) is 12.5 Å². The third-order valence-electron chi connectivity index (χ3n) is 2.47. The molecule has 1 N–H and O–H groups in total. The van der Waals surface area contributed by atoms with Gasteiger partial charge < -0.3 is 14.8 Å². The van der Waals surface area contributed by atoms with Crippen LogP contribution in [0.2, 0.25) is 0 Å². The highest BCUT2D eigenvalue weighted by atomic mass is 35.5. The van der Waals surface area contributed by atoms with Gasteiger partial charge in [0.05, 0.1) is 17.9 Å².